The number of aromatic nitrogens is 2. The molecule has 6 heteroatoms. The largest absolute Gasteiger partial charge is 0.477 e. The molecular weight excluding hydrogens is 237 g/mol. The van der Waals surface area contributed by atoms with Crippen LogP contribution in [0.4, 0.5) is 10.1 Å². The number of aromatic carboxylic acids is 1. The van der Waals surface area contributed by atoms with Crippen LogP contribution in [0.2, 0.25) is 0 Å². The summed E-state index contributed by atoms with van der Waals surface area (Å²) in [5.41, 5.74) is 1.57. The van der Waals surface area contributed by atoms with E-state index in [1.165, 1.54) is 10.6 Å². The van der Waals surface area contributed by atoms with Gasteiger partial charge in [0.1, 0.15) is 11.8 Å². The molecule has 94 valence electrons. The Balaban J connectivity index is 1.99. The zero-order valence-electron chi connectivity index (χ0n) is 9.58. The Morgan fingerprint density at radius 1 is 1.56 bits per heavy atom. The van der Waals surface area contributed by atoms with Gasteiger partial charge in [-0.3, -0.25) is 4.40 Å². The highest BCUT2D eigenvalue weighted by molar-refractivity contribution is 5.86. The number of fused-ring (bicyclic) bond motifs is 1. The molecule has 1 aliphatic heterocycles. The summed E-state index contributed by atoms with van der Waals surface area (Å²) in [6.07, 6.45) is 2.74. The molecule has 2 aromatic rings. The van der Waals surface area contributed by atoms with Gasteiger partial charge in [-0.25, -0.2) is 14.2 Å². The summed E-state index contributed by atoms with van der Waals surface area (Å²) in [5, 5.41) is 8.97. The second-order valence-electron chi connectivity index (χ2n) is 4.39. The van der Waals surface area contributed by atoms with Crippen molar-refractivity contribution in [3.8, 4) is 0 Å². The number of imidazole rings is 1. The molecule has 3 rings (SSSR count). The topological polar surface area (TPSA) is 57.8 Å². The van der Waals surface area contributed by atoms with Crippen molar-refractivity contribution in [2.75, 3.05) is 18.0 Å². The summed E-state index contributed by atoms with van der Waals surface area (Å²) in [5.74, 6) is -1.01. The normalized spacial score (nSPS) is 19.6. The molecule has 0 radical (unpaired) electrons. The van der Waals surface area contributed by atoms with E-state index >= 15 is 0 Å². The van der Waals surface area contributed by atoms with Crippen molar-refractivity contribution in [2.24, 2.45) is 0 Å². The van der Waals surface area contributed by atoms with Crippen molar-refractivity contribution < 1.29 is 14.3 Å². The van der Waals surface area contributed by atoms with Gasteiger partial charge < -0.3 is 10.0 Å². The number of carboxylic acid groups (broad SMARTS) is 1. The van der Waals surface area contributed by atoms with Crippen LogP contribution < -0.4 is 4.90 Å². The van der Waals surface area contributed by atoms with Gasteiger partial charge in [0, 0.05) is 31.0 Å². The lowest BCUT2D eigenvalue weighted by molar-refractivity contribution is 0.0689. The molecule has 0 spiro atoms. The number of pyridine rings is 1. The smallest absolute Gasteiger partial charge is 0.354 e. The van der Waals surface area contributed by atoms with Crippen LogP contribution in [0.15, 0.2) is 24.5 Å². The Morgan fingerprint density at radius 3 is 3.06 bits per heavy atom. The Hall–Kier alpha value is -2.11. The first kappa shape index (κ1) is 11.0. The maximum Gasteiger partial charge on any atom is 0.354 e. The zero-order valence-corrected chi connectivity index (χ0v) is 9.58. The fourth-order valence-corrected chi connectivity index (χ4v) is 2.28. The average molecular weight is 249 g/mol. The van der Waals surface area contributed by atoms with Crippen LogP contribution in [-0.4, -0.2) is 39.7 Å². The Morgan fingerprint density at radius 2 is 2.39 bits per heavy atom. The van der Waals surface area contributed by atoms with Crippen molar-refractivity contribution in [1.29, 1.82) is 0 Å². The average Bonchev–Trinajstić information content (AvgIpc) is 2.93. The molecule has 1 aliphatic rings. The second kappa shape index (κ2) is 3.97. The highest BCUT2D eigenvalue weighted by Crippen LogP contribution is 2.23. The zero-order chi connectivity index (χ0) is 12.7. The van der Waals surface area contributed by atoms with E-state index < -0.39 is 12.1 Å². The maximum absolute atomic E-state index is 13.1. The van der Waals surface area contributed by atoms with E-state index in [9.17, 15) is 9.18 Å². The van der Waals surface area contributed by atoms with Gasteiger partial charge in [-0.2, -0.15) is 0 Å². The van der Waals surface area contributed by atoms with Gasteiger partial charge in [-0.05, 0) is 12.5 Å². The van der Waals surface area contributed by atoms with Gasteiger partial charge in [-0.15, -0.1) is 0 Å². The lowest BCUT2D eigenvalue weighted by Crippen LogP contribution is -2.20. The fraction of sp³-hybridized carbons (Fsp3) is 0.333. The molecule has 0 saturated carbocycles. The Labute approximate surface area is 102 Å². The van der Waals surface area contributed by atoms with Gasteiger partial charge in [0.2, 0.25) is 0 Å². The van der Waals surface area contributed by atoms with Crippen molar-refractivity contribution >= 4 is 17.3 Å². The van der Waals surface area contributed by atoms with Gasteiger partial charge in [0.25, 0.3) is 0 Å². The Kier molecular flexibility index (Phi) is 2.43. The van der Waals surface area contributed by atoms with Gasteiger partial charge in [0.05, 0.1) is 6.20 Å². The molecule has 0 aliphatic carbocycles. The van der Waals surface area contributed by atoms with Gasteiger partial charge >= 0.3 is 5.97 Å². The summed E-state index contributed by atoms with van der Waals surface area (Å²) in [6.45, 7) is 1.08. The molecule has 1 atom stereocenters. The standard InChI is InChI=1S/C12H12FN3O2/c13-8-1-3-15(7-8)9-2-4-16-10(12(17)18)6-14-11(16)5-9/h2,4-6,8H,1,3,7H2,(H,17,18)/t8-/m0/s1. The van der Waals surface area contributed by atoms with Crippen LogP contribution in [0.25, 0.3) is 5.65 Å². The molecule has 0 amide bonds. The van der Waals surface area contributed by atoms with Crippen molar-refractivity contribution in [2.45, 2.75) is 12.6 Å². The first-order valence-electron chi connectivity index (χ1n) is 5.74. The molecule has 5 nitrogen and oxygen atoms in total. The van der Waals surface area contributed by atoms with Crippen molar-refractivity contribution in [1.82, 2.24) is 9.38 Å². The lowest BCUT2D eigenvalue weighted by atomic mass is 10.3. The molecule has 0 unspecified atom stereocenters. The minimum Gasteiger partial charge on any atom is -0.477 e. The molecular formula is C12H12FN3O2. The van der Waals surface area contributed by atoms with E-state index in [1.807, 2.05) is 4.90 Å². The number of hydrogen-bond acceptors (Lipinski definition) is 3. The molecule has 1 fully saturated rings. The number of halogens is 1. The minimum absolute atomic E-state index is 0.126. The number of carboxylic acids is 1. The first-order valence-corrected chi connectivity index (χ1v) is 5.74. The Bertz CT molecular complexity index is 610. The van der Waals surface area contributed by atoms with E-state index in [1.54, 1.807) is 18.3 Å². The summed E-state index contributed by atoms with van der Waals surface area (Å²) in [6, 6.07) is 3.57. The molecule has 1 saturated heterocycles. The highest BCUT2D eigenvalue weighted by Gasteiger charge is 2.22. The quantitative estimate of drug-likeness (QED) is 0.878. The second-order valence-corrected chi connectivity index (χ2v) is 4.39. The lowest BCUT2D eigenvalue weighted by Gasteiger charge is -2.17. The van der Waals surface area contributed by atoms with Crippen LogP contribution in [0.3, 0.4) is 0 Å². The third kappa shape index (κ3) is 1.70. The molecule has 3 heterocycles. The van der Waals surface area contributed by atoms with Crippen LogP contribution in [0.5, 0.6) is 0 Å². The predicted molar refractivity (Wildman–Crippen MR) is 63.9 cm³/mol. The number of carbonyl (C=O) groups is 1. The van der Waals surface area contributed by atoms with Crippen molar-refractivity contribution in [3.63, 3.8) is 0 Å². The minimum atomic E-state index is -1.01. The van der Waals surface area contributed by atoms with Crippen molar-refractivity contribution in [3.05, 3.63) is 30.2 Å². The first-order chi connectivity index (χ1) is 8.65. The highest BCUT2D eigenvalue weighted by atomic mass is 19.1. The maximum atomic E-state index is 13.1. The number of rotatable bonds is 2. The summed E-state index contributed by atoms with van der Waals surface area (Å²) in [4.78, 5) is 16.9. The molecule has 18 heavy (non-hydrogen) atoms. The van der Waals surface area contributed by atoms with E-state index in [0.717, 1.165) is 5.69 Å². The van der Waals surface area contributed by atoms with Gasteiger partial charge in [-0.1, -0.05) is 0 Å². The summed E-state index contributed by atoms with van der Waals surface area (Å²) < 4.78 is 14.7. The van der Waals surface area contributed by atoms with Crippen LogP contribution >= 0.6 is 0 Å². The van der Waals surface area contributed by atoms with E-state index in [4.69, 9.17) is 5.11 Å². The predicted octanol–water partition coefficient (Wildman–Crippen LogP) is 1.58. The number of alkyl halides is 1. The number of anilines is 1. The van der Waals surface area contributed by atoms with E-state index in [2.05, 4.69) is 4.98 Å². The third-order valence-corrected chi connectivity index (χ3v) is 3.21. The van der Waals surface area contributed by atoms with Gasteiger partial charge in [0.15, 0.2) is 5.69 Å². The number of hydrogen-bond donors (Lipinski definition) is 1. The fourth-order valence-electron chi connectivity index (χ4n) is 2.28. The third-order valence-electron chi connectivity index (χ3n) is 3.21. The molecule has 1 N–H and O–H groups in total. The SMILES string of the molecule is O=C(O)c1cnc2cc(N3CC[C@H](F)C3)ccn12. The molecule has 2 aromatic heterocycles. The van der Waals surface area contributed by atoms with E-state index in [-0.39, 0.29) is 5.69 Å². The van der Waals surface area contributed by atoms with Crippen LogP contribution in [0.1, 0.15) is 16.9 Å². The monoisotopic (exact) mass is 249 g/mol. The number of nitrogens with zero attached hydrogens (tertiary/aromatic N) is 3. The van der Waals surface area contributed by atoms with E-state index in [0.29, 0.717) is 25.2 Å². The molecule has 0 bridgehead atoms. The summed E-state index contributed by atoms with van der Waals surface area (Å²) in [7, 11) is 0. The van der Waals surface area contributed by atoms with Crippen LogP contribution in [0, 0.1) is 0 Å². The summed E-state index contributed by atoms with van der Waals surface area (Å²) >= 11 is 0. The molecule has 0 aromatic carbocycles. The van der Waals surface area contributed by atoms with Crippen LogP contribution in [-0.2, 0) is 0 Å².